The van der Waals surface area contributed by atoms with Gasteiger partial charge in [0.05, 0.1) is 22.8 Å². The Morgan fingerprint density at radius 3 is 2.56 bits per heavy atom. The Hall–Kier alpha value is -1.01. The van der Waals surface area contributed by atoms with Gasteiger partial charge in [-0.1, -0.05) is 29.5 Å². The van der Waals surface area contributed by atoms with Gasteiger partial charge in [0.25, 0.3) is 5.24 Å². The minimum atomic E-state index is -2.99. The standard InChI is InChI=1S/C12H13NO3S2/c1-8-2-4-9(5-3-8)13-10-6-18(15,16)7-11(10)17-12(13)14/h2-5,10-11H,6-7H2,1H3/t10-,11+/m1/s1. The van der Waals surface area contributed by atoms with Crippen LogP contribution < -0.4 is 4.90 Å². The van der Waals surface area contributed by atoms with E-state index in [9.17, 15) is 13.2 Å². The van der Waals surface area contributed by atoms with E-state index in [0.717, 1.165) is 23.0 Å². The van der Waals surface area contributed by atoms with Crippen LogP contribution in [0.1, 0.15) is 5.56 Å². The minimum absolute atomic E-state index is 0.0382. The first-order chi connectivity index (χ1) is 8.46. The number of aryl methyl sites for hydroxylation is 1. The summed E-state index contributed by atoms with van der Waals surface area (Å²) in [7, 11) is -2.99. The number of fused-ring (bicyclic) bond motifs is 1. The van der Waals surface area contributed by atoms with Gasteiger partial charge in [0.15, 0.2) is 9.84 Å². The molecule has 2 heterocycles. The molecule has 2 fully saturated rings. The molecular weight excluding hydrogens is 270 g/mol. The molecule has 2 aliphatic rings. The van der Waals surface area contributed by atoms with E-state index in [1.807, 2.05) is 31.2 Å². The molecule has 2 aliphatic heterocycles. The van der Waals surface area contributed by atoms with Gasteiger partial charge in [-0.2, -0.15) is 0 Å². The summed E-state index contributed by atoms with van der Waals surface area (Å²) in [4.78, 5) is 13.6. The van der Waals surface area contributed by atoms with E-state index in [4.69, 9.17) is 0 Å². The summed E-state index contributed by atoms with van der Waals surface area (Å²) in [5.41, 5.74) is 1.91. The molecule has 2 saturated heterocycles. The van der Waals surface area contributed by atoms with Crippen LogP contribution in [-0.4, -0.2) is 36.5 Å². The number of carbonyl (C=O) groups is 1. The SMILES string of the molecule is Cc1ccc(N2C(=O)S[C@H]3CS(=O)(=O)C[C@H]32)cc1. The van der Waals surface area contributed by atoms with E-state index in [1.165, 1.54) is 0 Å². The molecule has 0 unspecified atom stereocenters. The van der Waals surface area contributed by atoms with Crippen molar-refractivity contribution in [3.05, 3.63) is 29.8 Å². The number of sulfone groups is 1. The lowest BCUT2D eigenvalue weighted by molar-refractivity contribution is 0.265. The maximum Gasteiger partial charge on any atom is 0.286 e. The number of rotatable bonds is 1. The summed E-state index contributed by atoms with van der Waals surface area (Å²) >= 11 is 1.15. The highest BCUT2D eigenvalue weighted by molar-refractivity contribution is 8.15. The van der Waals surface area contributed by atoms with Crippen molar-refractivity contribution in [2.24, 2.45) is 0 Å². The van der Waals surface area contributed by atoms with E-state index in [-0.39, 0.29) is 28.0 Å². The van der Waals surface area contributed by atoms with Crippen LogP contribution in [-0.2, 0) is 9.84 Å². The average molecular weight is 283 g/mol. The van der Waals surface area contributed by atoms with Gasteiger partial charge in [0.2, 0.25) is 0 Å². The normalized spacial score (nSPS) is 29.6. The van der Waals surface area contributed by atoms with E-state index >= 15 is 0 Å². The Kier molecular flexibility index (Phi) is 2.67. The minimum Gasteiger partial charge on any atom is -0.298 e. The van der Waals surface area contributed by atoms with Crippen molar-refractivity contribution < 1.29 is 13.2 Å². The predicted molar refractivity (Wildman–Crippen MR) is 72.9 cm³/mol. The molecule has 0 N–H and O–H groups in total. The number of anilines is 1. The van der Waals surface area contributed by atoms with E-state index < -0.39 is 9.84 Å². The summed E-state index contributed by atoms with van der Waals surface area (Å²) in [5, 5.41) is -0.146. The first-order valence-electron chi connectivity index (χ1n) is 5.73. The maximum atomic E-state index is 12.0. The number of nitrogens with zero attached hydrogens (tertiary/aromatic N) is 1. The van der Waals surface area contributed by atoms with Crippen LogP contribution in [0, 0.1) is 6.92 Å². The topological polar surface area (TPSA) is 54.5 Å². The summed E-state index contributed by atoms with van der Waals surface area (Å²) in [6.07, 6.45) is 0. The van der Waals surface area contributed by atoms with Gasteiger partial charge < -0.3 is 0 Å². The number of amides is 1. The highest BCUT2D eigenvalue weighted by atomic mass is 32.2. The van der Waals surface area contributed by atoms with Gasteiger partial charge >= 0.3 is 0 Å². The molecule has 1 aromatic rings. The zero-order valence-corrected chi connectivity index (χ0v) is 11.5. The second kappa shape index (κ2) is 3.99. The maximum absolute atomic E-state index is 12.0. The van der Waals surface area contributed by atoms with E-state index in [1.54, 1.807) is 4.90 Å². The summed E-state index contributed by atoms with van der Waals surface area (Å²) in [5.74, 6) is 0.209. The molecule has 4 nitrogen and oxygen atoms in total. The summed E-state index contributed by atoms with van der Waals surface area (Å²) in [6, 6.07) is 7.42. The van der Waals surface area contributed by atoms with Crippen molar-refractivity contribution in [1.82, 2.24) is 0 Å². The third-order valence-electron chi connectivity index (χ3n) is 3.36. The molecular formula is C12H13NO3S2. The van der Waals surface area contributed by atoms with Gasteiger partial charge in [-0.3, -0.25) is 9.69 Å². The van der Waals surface area contributed by atoms with Crippen LogP contribution >= 0.6 is 11.8 Å². The third kappa shape index (κ3) is 1.93. The summed E-state index contributed by atoms with van der Waals surface area (Å²) < 4.78 is 23.3. The molecule has 0 bridgehead atoms. The number of hydrogen-bond acceptors (Lipinski definition) is 4. The van der Waals surface area contributed by atoms with Crippen molar-refractivity contribution >= 4 is 32.5 Å². The zero-order chi connectivity index (χ0) is 12.9. The molecule has 96 valence electrons. The van der Waals surface area contributed by atoms with Gasteiger partial charge in [0.1, 0.15) is 0 Å². The number of thioether (sulfide) groups is 1. The lowest BCUT2D eigenvalue weighted by atomic mass is 10.1. The Bertz CT molecular complexity index is 594. The lowest BCUT2D eigenvalue weighted by Crippen LogP contribution is -2.36. The van der Waals surface area contributed by atoms with Gasteiger partial charge in [-0.25, -0.2) is 8.42 Å². The smallest absolute Gasteiger partial charge is 0.286 e. The third-order valence-corrected chi connectivity index (χ3v) is 6.47. The number of hydrogen-bond donors (Lipinski definition) is 0. The van der Waals surface area contributed by atoms with Crippen molar-refractivity contribution in [1.29, 1.82) is 0 Å². The molecule has 0 radical (unpaired) electrons. The highest BCUT2D eigenvalue weighted by Gasteiger charge is 2.50. The highest BCUT2D eigenvalue weighted by Crippen LogP contribution is 2.40. The molecule has 2 atom stereocenters. The number of carbonyl (C=O) groups excluding carboxylic acids is 1. The van der Waals surface area contributed by atoms with Crippen molar-refractivity contribution in [3.63, 3.8) is 0 Å². The van der Waals surface area contributed by atoms with Crippen LogP contribution in [0.15, 0.2) is 24.3 Å². The first-order valence-corrected chi connectivity index (χ1v) is 8.43. The van der Waals surface area contributed by atoms with Crippen molar-refractivity contribution in [2.75, 3.05) is 16.4 Å². The molecule has 0 spiro atoms. The molecule has 1 aromatic carbocycles. The molecule has 0 aromatic heterocycles. The van der Waals surface area contributed by atoms with Gasteiger partial charge in [0, 0.05) is 5.69 Å². The fourth-order valence-electron chi connectivity index (χ4n) is 2.47. The second-order valence-electron chi connectivity index (χ2n) is 4.77. The molecule has 3 rings (SSSR count). The van der Waals surface area contributed by atoms with Crippen LogP contribution in [0.2, 0.25) is 0 Å². The molecule has 6 heteroatoms. The van der Waals surface area contributed by atoms with Crippen LogP contribution in [0.3, 0.4) is 0 Å². The van der Waals surface area contributed by atoms with Crippen molar-refractivity contribution in [3.8, 4) is 0 Å². The molecule has 1 amide bonds. The fourth-order valence-corrected chi connectivity index (χ4v) is 6.24. The van der Waals surface area contributed by atoms with E-state index in [2.05, 4.69) is 0 Å². The molecule has 0 saturated carbocycles. The van der Waals surface area contributed by atoms with Crippen LogP contribution in [0.5, 0.6) is 0 Å². The van der Waals surface area contributed by atoms with E-state index in [0.29, 0.717) is 0 Å². The predicted octanol–water partition coefficient (Wildman–Crippen LogP) is 1.83. The molecule has 18 heavy (non-hydrogen) atoms. The Morgan fingerprint density at radius 1 is 1.22 bits per heavy atom. The quantitative estimate of drug-likeness (QED) is 0.789. The Labute approximate surface area is 110 Å². The Morgan fingerprint density at radius 2 is 1.89 bits per heavy atom. The van der Waals surface area contributed by atoms with Gasteiger partial charge in [-0.05, 0) is 19.1 Å². The largest absolute Gasteiger partial charge is 0.298 e. The second-order valence-corrected chi connectivity index (χ2v) is 8.12. The monoisotopic (exact) mass is 283 g/mol. The Balaban J connectivity index is 1.96. The fraction of sp³-hybridized carbons (Fsp3) is 0.417. The average Bonchev–Trinajstić information content (AvgIpc) is 2.70. The summed E-state index contributed by atoms with van der Waals surface area (Å²) in [6.45, 7) is 1.98. The first kappa shape index (κ1) is 12.0. The molecule has 0 aliphatic carbocycles. The zero-order valence-electron chi connectivity index (χ0n) is 9.87. The van der Waals surface area contributed by atoms with Crippen molar-refractivity contribution in [2.45, 2.75) is 18.2 Å². The van der Waals surface area contributed by atoms with Crippen LogP contribution in [0.25, 0.3) is 0 Å². The number of benzene rings is 1. The lowest BCUT2D eigenvalue weighted by Gasteiger charge is -2.22. The van der Waals surface area contributed by atoms with Crippen LogP contribution in [0.4, 0.5) is 10.5 Å². The van der Waals surface area contributed by atoms with Gasteiger partial charge in [-0.15, -0.1) is 0 Å².